The highest BCUT2D eigenvalue weighted by Crippen LogP contribution is 2.33. The minimum Gasteiger partial charge on any atom is -0.496 e. The van der Waals surface area contributed by atoms with Crippen molar-refractivity contribution < 1.29 is 22.6 Å². The van der Waals surface area contributed by atoms with Crippen LogP contribution in [0.4, 0.5) is 13.2 Å². The maximum absolute atomic E-state index is 12.1. The Kier molecular flexibility index (Phi) is 4.22. The van der Waals surface area contributed by atoms with Crippen LogP contribution < -0.4 is 15.2 Å². The Bertz CT molecular complexity index is 377. The fraction of sp³-hybridized carbons (Fsp3) is 0.455. The molecule has 96 valence electrons. The van der Waals surface area contributed by atoms with E-state index in [1.807, 2.05) is 0 Å². The van der Waals surface area contributed by atoms with E-state index in [9.17, 15) is 13.2 Å². The highest BCUT2D eigenvalue weighted by molar-refractivity contribution is 5.46. The van der Waals surface area contributed by atoms with Crippen LogP contribution in [0.1, 0.15) is 18.5 Å². The second kappa shape index (κ2) is 5.27. The number of methoxy groups -OCH3 is 1. The molecule has 0 aromatic heterocycles. The fourth-order valence-electron chi connectivity index (χ4n) is 1.44. The standard InChI is InChI=1S/C11H14F3NO2/c1-7(15)10-8(16-2)4-3-5-9(10)17-6-11(12,13)14/h3-5,7H,6,15H2,1-2H3/t7-/m0/s1. The van der Waals surface area contributed by atoms with Gasteiger partial charge in [0.25, 0.3) is 0 Å². The molecule has 0 aliphatic heterocycles. The number of ether oxygens (including phenoxy) is 2. The van der Waals surface area contributed by atoms with Crippen molar-refractivity contribution in [3.8, 4) is 11.5 Å². The lowest BCUT2D eigenvalue weighted by Gasteiger charge is -2.17. The van der Waals surface area contributed by atoms with Gasteiger partial charge in [-0.1, -0.05) is 6.07 Å². The summed E-state index contributed by atoms with van der Waals surface area (Å²) in [4.78, 5) is 0. The molecule has 3 nitrogen and oxygen atoms in total. The van der Waals surface area contributed by atoms with Crippen LogP contribution in [0.25, 0.3) is 0 Å². The Morgan fingerprint density at radius 3 is 2.35 bits per heavy atom. The van der Waals surface area contributed by atoms with Crippen molar-refractivity contribution in [2.45, 2.75) is 19.1 Å². The maximum Gasteiger partial charge on any atom is 0.422 e. The van der Waals surface area contributed by atoms with Gasteiger partial charge >= 0.3 is 6.18 Å². The lowest BCUT2D eigenvalue weighted by Crippen LogP contribution is -2.20. The summed E-state index contributed by atoms with van der Waals surface area (Å²) in [7, 11) is 1.43. The number of alkyl halides is 3. The van der Waals surface area contributed by atoms with Gasteiger partial charge in [-0.05, 0) is 19.1 Å². The first-order chi connectivity index (χ1) is 7.85. The molecular weight excluding hydrogens is 235 g/mol. The molecule has 0 aliphatic rings. The van der Waals surface area contributed by atoms with Gasteiger partial charge in [0, 0.05) is 6.04 Å². The fourth-order valence-corrected chi connectivity index (χ4v) is 1.44. The van der Waals surface area contributed by atoms with Crippen LogP contribution in [0, 0.1) is 0 Å². The molecule has 17 heavy (non-hydrogen) atoms. The number of hydrogen-bond acceptors (Lipinski definition) is 3. The summed E-state index contributed by atoms with van der Waals surface area (Å²) in [5, 5.41) is 0. The van der Waals surface area contributed by atoms with Crippen molar-refractivity contribution in [1.29, 1.82) is 0 Å². The molecule has 0 bridgehead atoms. The van der Waals surface area contributed by atoms with E-state index in [0.717, 1.165) is 0 Å². The molecule has 0 radical (unpaired) electrons. The lowest BCUT2D eigenvalue weighted by atomic mass is 10.1. The SMILES string of the molecule is COc1cccc(OCC(F)(F)F)c1[C@H](C)N. The third-order valence-electron chi connectivity index (χ3n) is 2.09. The zero-order valence-electron chi connectivity index (χ0n) is 9.54. The van der Waals surface area contributed by atoms with Crippen molar-refractivity contribution in [2.24, 2.45) is 5.73 Å². The molecule has 0 spiro atoms. The van der Waals surface area contributed by atoms with Gasteiger partial charge < -0.3 is 15.2 Å². The van der Waals surface area contributed by atoms with E-state index < -0.39 is 18.8 Å². The lowest BCUT2D eigenvalue weighted by molar-refractivity contribution is -0.153. The highest BCUT2D eigenvalue weighted by atomic mass is 19.4. The monoisotopic (exact) mass is 249 g/mol. The minimum absolute atomic E-state index is 0.0941. The first-order valence-corrected chi connectivity index (χ1v) is 4.97. The first-order valence-electron chi connectivity index (χ1n) is 4.97. The molecule has 0 heterocycles. The van der Waals surface area contributed by atoms with Crippen molar-refractivity contribution >= 4 is 0 Å². The van der Waals surface area contributed by atoms with Crippen LogP contribution in [0.3, 0.4) is 0 Å². The molecule has 2 N–H and O–H groups in total. The molecule has 1 rings (SSSR count). The Morgan fingerprint density at radius 1 is 1.29 bits per heavy atom. The summed E-state index contributed by atoms with van der Waals surface area (Å²) in [5.41, 5.74) is 6.12. The zero-order valence-corrected chi connectivity index (χ0v) is 9.54. The second-order valence-corrected chi connectivity index (χ2v) is 3.56. The number of nitrogens with two attached hydrogens (primary N) is 1. The van der Waals surface area contributed by atoms with Gasteiger partial charge in [0.05, 0.1) is 12.7 Å². The maximum atomic E-state index is 12.1. The predicted octanol–water partition coefficient (Wildman–Crippen LogP) is 2.66. The van der Waals surface area contributed by atoms with E-state index in [1.54, 1.807) is 19.1 Å². The van der Waals surface area contributed by atoms with Gasteiger partial charge in [-0.2, -0.15) is 13.2 Å². The Labute approximate surface area is 97.3 Å². The average molecular weight is 249 g/mol. The van der Waals surface area contributed by atoms with Gasteiger partial charge in [0.1, 0.15) is 11.5 Å². The molecule has 0 unspecified atom stereocenters. The van der Waals surface area contributed by atoms with Crippen molar-refractivity contribution in [3.05, 3.63) is 23.8 Å². The molecular formula is C11H14F3NO2. The van der Waals surface area contributed by atoms with E-state index in [0.29, 0.717) is 11.3 Å². The molecule has 0 saturated carbocycles. The van der Waals surface area contributed by atoms with Crippen molar-refractivity contribution in [2.75, 3.05) is 13.7 Å². The van der Waals surface area contributed by atoms with Crippen molar-refractivity contribution in [3.63, 3.8) is 0 Å². The number of hydrogen-bond donors (Lipinski definition) is 1. The molecule has 6 heteroatoms. The van der Waals surface area contributed by atoms with Crippen LogP contribution in [0.5, 0.6) is 11.5 Å². The summed E-state index contributed by atoms with van der Waals surface area (Å²) >= 11 is 0. The summed E-state index contributed by atoms with van der Waals surface area (Å²) in [6.45, 7) is 0.304. The van der Waals surface area contributed by atoms with Gasteiger partial charge in [-0.3, -0.25) is 0 Å². The second-order valence-electron chi connectivity index (χ2n) is 3.56. The summed E-state index contributed by atoms with van der Waals surface area (Å²) in [6, 6.07) is 4.14. The first kappa shape index (κ1) is 13.6. The molecule has 0 amide bonds. The van der Waals surface area contributed by atoms with E-state index in [-0.39, 0.29) is 5.75 Å². The highest BCUT2D eigenvalue weighted by Gasteiger charge is 2.29. The Hall–Kier alpha value is -1.43. The summed E-state index contributed by atoms with van der Waals surface area (Å²) < 4.78 is 46.0. The van der Waals surface area contributed by atoms with Gasteiger partial charge in [0.2, 0.25) is 0 Å². The minimum atomic E-state index is -4.38. The van der Waals surface area contributed by atoms with Crippen LogP contribution in [0.2, 0.25) is 0 Å². The van der Waals surface area contributed by atoms with E-state index in [2.05, 4.69) is 0 Å². The molecule has 1 aromatic carbocycles. The van der Waals surface area contributed by atoms with Gasteiger partial charge in [0.15, 0.2) is 6.61 Å². The van der Waals surface area contributed by atoms with Crippen LogP contribution in [-0.2, 0) is 0 Å². The van der Waals surface area contributed by atoms with Gasteiger partial charge in [-0.25, -0.2) is 0 Å². The Balaban J connectivity index is 2.98. The third-order valence-corrected chi connectivity index (χ3v) is 2.09. The van der Waals surface area contributed by atoms with Crippen molar-refractivity contribution in [1.82, 2.24) is 0 Å². The smallest absolute Gasteiger partial charge is 0.422 e. The molecule has 0 fully saturated rings. The third kappa shape index (κ3) is 3.81. The zero-order chi connectivity index (χ0) is 13.1. The number of benzene rings is 1. The van der Waals surface area contributed by atoms with Crippen LogP contribution >= 0.6 is 0 Å². The van der Waals surface area contributed by atoms with Gasteiger partial charge in [-0.15, -0.1) is 0 Å². The number of rotatable bonds is 4. The molecule has 0 aliphatic carbocycles. The summed E-state index contributed by atoms with van der Waals surface area (Å²) in [5.74, 6) is 0.511. The summed E-state index contributed by atoms with van der Waals surface area (Å²) in [6.07, 6.45) is -4.38. The van der Waals surface area contributed by atoms with E-state index in [1.165, 1.54) is 13.2 Å². The molecule has 1 aromatic rings. The quantitative estimate of drug-likeness (QED) is 0.892. The van der Waals surface area contributed by atoms with Crippen LogP contribution in [-0.4, -0.2) is 19.9 Å². The molecule has 1 atom stereocenters. The topological polar surface area (TPSA) is 44.5 Å². The predicted molar refractivity (Wildman–Crippen MR) is 57.1 cm³/mol. The molecule has 0 saturated heterocycles. The van der Waals surface area contributed by atoms with E-state index in [4.69, 9.17) is 15.2 Å². The Morgan fingerprint density at radius 2 is 1.88 bits per heavy atom. The number of halogens is 3. The van der Waals surface area contributed by atoms with Crippen LogP contribution in [0.15, 0.2) is 18.2 Å². The largest absolute Gasteiger partial charge is 0.496 e. The van der Waals surface area contributed by atoms with E-state index >= 15 is 0 Å². The average Bonchev–Trinajstić information content (AvgIpc) is 2.24. The normalized spacial score (nSPS) is 13.3.